The van der Waals surface area contributed by atoms with Gasteiger partial charge in [-0.1, -0.05) is 11.6 Å². The zero-order valence-electron chi connectivity index (χ0n) is 14.3. The molecule has 2 aliphatic heterocycles. The maximum Gasteiger partial charge on any atom is 0.404 e. The Morgan fingerprint density at radius 3 is 2.55 bits per heavy atom. The first kappa shape index (κ1) is 18.4. The van der Waals surface area contributed by atoms with Crippen LogP contribution in [0.5, 0.6) is 0 Å². The Hall–Kier alpha value is -2.65. The van der Waals surface area contributed by atoms with Crippen LogP contribution in [-0.4, -0.2) is 23.1 Å². The first-order valence-electron chi connectivity index (χ1n) is 8.57. The van der Waals surface area contributed by atoms with Gasteiger partial charge in [0, 0.05) is 33.2 Å². The molecule has 2 aliphatic rings. The largest absolute Gasteiger partial charge is 0.404 e. The van der Waals surface area contributed by atoms with Gasteiger partial charge in [0.05, 0.1) is 5.69 Å². The summed E-state index contributed by atoms with van der Waals surface area (Å²) >= 11 is 6.05. The van der Waals surface area contributed by atoms with Gasteiger partial charge in [-0.15, -0.1) is 0 Å². The molecule has 0 bridgehead atoms. The van der Waals surface area contributed by atoms with E-state index in [9.17, 15) is 26.7 Å². The molecule has 1 amide bonds. The Balaban J connectivity index is 1.87. The van der Waals surface area contributed by atoms with Crippen molar-refractivity contribution in [3.8, 4) is 0 Å². The SMILES string of the molecule is O=C1Nc2ccc(Cl)cc2[C@@]12N[C@@H](C(F)(F)F)Cc1c2[nH]c2cc(F)c(F)cc12. The van der Waals surface area contributed by atoms with E-state index in [-0.39, 0.29) is 32.7 Å². The molecule has 0 unspecified atom stereocenters. The molecule has 0 saturated heterocycles. The number of anilines is 1. The number of fused-ring (bicyclic) bond motifs is 6. The fourth-order valence-corrected chi connectivity index (χ4v) is 4.40. The van der Waals surface area contributed by atoms with Crippen molar-refractivity contribution in [1.82, 2.24) is 10.3 Å². The molecule has 3 N–H and O–H groups in total. The summed E-state index contributed by atoms with van der Waals surface area (Å²) in [6.45, 7) is 0. The summed E-state index contributed by atoms with van der Waals surface area (Å²) < 4.78 is 68.8. The van der Waals surface area contributed by atoms with Crippen LogP contribution in [0, 0.1) is 11.6 Å². The Kier molecular flexibility index (Phi) is 3.61. The first-order valence-corrected chi connectivity index (χ1v) is 8.95. The second-order valence-corrected chi connectivity index (χ2v) is 7.56. The second kappa shape index (κ2) is 5.70. The van der Waals surface area contributed by atoms with Crippen LogP contribution < -0.4 is 10.6 Å². The van der Waals surface area contributed by atoms with E-state index in [1.165, 1.54) is 18.2 Å². The first-order chi connectivity index (χ1) is 13.6. The Labute approximate surface area is 165 Å². The smallest absolute Gasteiger partial charge is 0.356 e. The molecule has 29 heavy (non-hydrogen) atoms. The molecule has 150 valence electrons. The van der Waals surface area contributed by atoms with Crippen LogP contribution >= 0.6 is 11.6 Å². The summed E-state index contributed by atoms with van der Waals surface area (Å²) in [5.41, 5.74) is -1.12. The van der Waals surface area contributed by atoms with Crippen LogP contribution in [0.3, 0.4) is 0 Å². The number of nitrogens with one attached hydrogen (secondary N) is 3. The quantitative estimate of drug-likeness (QED) is 0.467. The van der Waals surface area contributed by atoms with Gasteiger partial charge in [0.25, 0.3) is 5.91 Å². The summed E-state index contributed by atoms with van der Waals surface area (Å²) in [5.74, 6) is -3.07. The van der Waals surface area contributed by atoms with Gasteiger partial charge < -0.3 is 10.3 Å². The molecule has 3 aromatic rings. The zero-order chi connectivity index (χ0) is 20.7. The van der Waals surface area contributed by atoms with Gasteiger partial charge in [-0.3, -0.25) is 10.1 Å². The number of rotatable bonds is 0. The third kappa shape index (κ3) is 2.43. The second-order valence-electron chi connectivity index (χ2n) is 7.13. The molecule has 1 spiro atoms. The Bertz CT molecular complexity index is 1200. The minimum absolute atomic E-state index is 0.0947. The van der Waals surface area contributed by atoms with Crippen LogP contribution in [0.15, 0.2) is 30.3 Å². The molecule has 3 heterocycles. The lowest BCUT2D eigenvalue weighted by Gasteiger charge is -2.39. The number of aromatic amines is 1. The lowest BCUT2D eigenvalue weighted by atomic mass is 9.79. The van der Waals surface area contributed by atoms with Crippen LogP contribution in [0.25, 0.3) is 10.9 Å². The van der Waals surface area contributed by atoms with E-state index >= 15 is 0 Å². The van der Waals surface area contributed by atoms with Gasteiger partial charge in [0.2, 0.25) is 0 Å². The highest BCUT2D eigenvalue weighted by Gasteiger charge is 2.58. The minimum atomic E-state index is -4.69. The summed E-state index contributed by atoms with van der Waals surface area (Å²) in [6, 6.07) is 4.02. The molecular formula is C19H11ClF5N3O. The molecule has 0 aliphatic carbocycles. The highest BCUT2D eigenvalue weighted by molar-refractivity contribution is 6.31. The topological polar surface area (TPSA) is 56.9 Å². The number of amides is 1. The van der Waals surface area contributed by atoms with Crippen LogP contribution in [0.2, 0.25) is 5.02 Å². The van der Waals surface area contributed by atoms with Gasteiger partial charge in [-0.2, -0.15) is 13.2 Å². The molecule has 2 atom stereocenters. The number of H-pyrrole nitrogens is 1. The van der Waals surface area contributed by atoms with Gasteiger partial charge in [-0.05, 0) is 36.2 Å². The number of halogens is 6. The van der Waals surface area contributed by atoms with E-state index in [1.807, 2.05) is 0 Å². The number of hydrogen-bond acceptors (Lipinski definition) is 2. The molecule has 4 nitrogen and oxygen atoms in total. The molecule has 0 radical (unpaired) electrons. The monoisotopic (exact) mass is 427 g/mol. The van der Waals surface area contributed by atoms with Crippen molar-refractivity contribution in [3.05, 3.63) is 63.8 Å². The van der Waals surface area contributed by atoms with Crippen molar-refractivity contribution in [2.45, 2.75) is 24.2 Å². The zero-order valence-corrected chi connectivity index (χ0v) is 15.1. The van der Waals surface area contributed by atoms with E-state index in [4.69, 9.17) is 11.6 Å². The highest BCUT2D eigenvalue weighted by Crippen LogP contribution is 2.48. The average molecular weight is 428 g/mol. The maximum atomic E-state index is 13.8. The van der Waals surface area contributed by atoms with Crippen molar-refractivity contribution >= 4 is 34.1 Å². The standard InChI is InChI=1S/C19H11ClF5N3O/c20-7-1-2-13-10(3-7)18(17(29)27-13)16-9(5-15(28-18)19(23,24)25)8-4-11(21)12(22)6-14(8)26-16/h1-4,6,15,26,28H,5H2,(H,27,29)/t15-,18+/m1/s1. The number of carbonyl (C=O) groups is 1. The highest BCUT2D eigenvalue weighted by atomic mass is 35.5. The fraction of sp³-hybridized carbons (Fsp3) is 0.211. The molecule has 2 aromatic carbocycles. The van der Waals surface area contributed by atoms with Crippen LogP contribution in [-0.2, 0) is 16.8 Å². The van der Waals surface area contributed by atoms with Gasteiger partial charge in [0.15, 0.2) is 17.2 Å². The molecule has 0 saturated carbocycles. The lowest BCUT2D eigenvalue weighted by Crippen LogP contribution is -2.61. The molecule has 5 rings (SSSR count). The molecule has 10 heteroatoms. The van der Waals surface area contributed by atoms with Crippen LogP contribution in [0.1, 0.15) is 16.8 Å². The van der Waals surface area contributed by atoms with Gasteiger partial charge in [-0.25, -0.2) is 8.78 Å². The predicted molar refractivity (Wildman–Crippen MR) is 95.8 cm³/mol. The minimum Gasteiger partial charge on any atom is -0.356 e. The van der Waals surface area contributed by atoms with E-state index in [2.05, 4.69) is 15.6 Å². The van der Waals surface area contributed by atoms with E-state index in [1.54, 1.807) is 0 Å². The van der Waals surface area contributed by atoms with Gasteiger partial charge in [0.1, 0.15) is 6.04 Å². The molecular weight excluding hydrogens is 417 g/mol. The number of hydrogen-bond donors (Lipinski definition) is 3. The van der Waals surface area contributed by atoms with Crippen molar-refractivity contribution < 1.29 is 26.7 Å². The van der Waals surface area contributed by atoms with Crippen molar-refractivity contribution in [2.75, 3.05) is 5.32 Å². The fourth-order valence-electron chi connectivity index (χ4n) is 4.23. The van der Waals surface area contributed by atoms with Gasteiger partial charge >= 0.3 is 6.18 Å². The number of benzene rings is 2. The average Bonchev–Trinajstić information content (AvgIpc) is 3.12. The van der Waals surface area contributed by atoms with E-state index < -0.39 is 41.7 Å². The Morgan fingerprint density at radius 1 is 1.10 bits per heavy atom. The number of aromatic nitrogens is 1. The lowest BCUT2D eigenvalue weighted by molar-refractivity contribution is -0.162. The summed E-state index contributed by atoms with van der Waals surface area (Å²) in [6.07, 6.45) is -5.23. The van der Waals surface area contributed by atoms with E-state index in [0.29, 0.717) is 5.69 Å². The van der Waals surface area contributed by atoms with Crippen molar-refractivity contribution in [3.63, 3.8) is 0 Å². The number of carbonyl (C=O) groups excluding carboxylic acids is 1. The predicted octanol–water partition coefficient (Wildman–Crippen LogP) is 4.37. The Morgan fingerprint density at radius 2 is 1.83 bits per heavy atom. The number of alkyl halides is 3. The summed E-state index contributed by atoms with van der Waals surface area (Å²) in [7, 11) is 0. The van der Waals surface area contributed by atoms with E-state index in [0.717, 1.165) is 12.1 Å². The maximum absolute atomic E-state index is 13.8. The van der Waals surface area contributed by atoms with Crippen molar-refractivity contribution in [1.29, 1.82) is 0 Å². The third-order valence-electron chi connectivity index (χ3n) is 5.49. The molecule has 1 aromatic heterocycles. The summed E-state index contributed by atoms with van der Waals surface area (Å²) in [5, 5.41) is 5.33. The molecule has 0 fully saturated rings. The normalized spacial score (nSPS) is 23.4. The van der Waals surface area contributed by atoms with Crippen molar-refractivity contribution in [2.24, 2.45) is 0 Å². The summed E-state index contributed by atoms with van der Waals surface area (Å²) in [4.78, 5) is 15.9. The third-order valence-corrected chi connectivity index (χ3v) is 5.73. The van der Waals surface area contributed by atoms with Crippen LogP contribution in [0.4, 0.5) is 27.6 Å².